The van der Waals surface area contributed by atoms with Crippen molar-refractivity contribution >= 4 is 47.5 Å². The molecule has 0 bridgehead atoms. The van der Waals surface area contributed by atoms with E-state index in [9.17, 15) is 9.59 Å². The van der Waals surface area contributed by atoms with Crippen LogP contribution < -0.4 is 10.5 Å². The molecular formula is C23H29Cl2N3O3. The van der Waals surface area contributed by atoms with Crippen LogP contribution in [0.4, 0.5) is 0 Å². The summed E-state index contributed by atoms with van der Waals surface area (Å²) in [5, 5.41) is 1.11. The van der Waals surface area contributed by atoms with Crippen molar-refractivity contribution in [2.45, 2.75) is 32.2 Å². The zero-order chi connectivity index (χ0) is 20.8. The van der Waals surface area contributed by atoms with Crippen molar-refractivity contribution in [1.82, 2.24) is 9.88 Å². The first-order valence-electron chi connectivity index (χ1n) is 9.73. The number of aromatic nitrogens is 1. The summed E-state index contributed by atoms with van der Waals surface area (Å²) in [7, 11) is 1.60. The van der Waals surface area contributed by atoms with Gasteiger partial charge in [0.1, 0.15) is 5.75 Å². The molecule has 0 aliphatic carbocycles. The van der Waals surface area contributed by atoms with Gasteiger partial charge in [-0.2, -0.15) is 0 Å². The van der Waals surface area contributed by atoms with Gasteiger partial charge >= 0.3 is 0 Å². The minimum Gasteiger partial charge on any atom is -0.496 e. The molecule has 0 saturated heterocycles. The van der Waals surface area contributed by atoms with Gasteiger partial charge in [0.05, 0.1) is 7.11 Å². The van der Waals surface area contributed by atoms with Crippen LogP contribution in [0.2, 0.25) is 0 Å². The molecule has 0 spiro atoms. The van der Waals surface area contributed by atoms with Gasteiger partial charge in [0.25, 0.3) is 0 Å². The predicted molar refractivity (Wildman–Crippen MR) is 128 cm³/mol. The van der Waals surface area contributed by atoms with Crippen LogP contribution in [0.5, 0.6) is 5.75 Å². The number of aromatic amines is 1. The summed E-state index contributed by atoms with van der Waals surface area (Å²) in [6, 6.07) is 15.2. The smallest absolute Gasteiger partial charge is 0.229 e. The normalized spacial score (nSPS) is 11.2. The first-order chi connectivity index (χ1) is 14.0. The fourth-order valence-corrected chi connectivity index (χ4v) is 3.57. The largest absolute Gasteiger partial charge is 0.496 e. The highest BCUT2D eigenvalue weighted by Crippen LogP contribution is 2.20. The van der Waals surface area contributed by atoms with E-state index in [0.717, 1.165) is 27.8 Å². The second-order valence-corrected chi connectivity index (χ2v) is 7.16. The molecule has 8 heteroatoms. The average Bonchev–Trinajstić information content (AvgIpc) is 3.13. The number of aryl methyl sites for hydroxylation is 1. The second kappa shape index (κ2) is 12.3. The number of carbonyl (C=O) groups excluding carboxylic acids is 2. The Morgan fingerprint density at radius 1 is 1.06 bits per heavy atom. The third kappa shape index (κ3) is 6.72. The molecule has 1 aromatic heterocycles. The van der Waals surface area contributed by atoms with Crippen LogP contribution in [0.3, 0.4) is 0 Å². The first kappa shape index (κ1) is 26.5. The van der Waals surface area contributed by atoms with Crippen LogP contribution in [0, 0.1) is 0 Å². The lowest BCUT2D eigenvalue weighted by Crippen LogP contribution is -2.44. The lowest BCUT2D eigenvalue weighted by molar-refractivity contribution is -0.143. The molecule has 31 heavy (non-hydrogen) atoms. The van der Waals surface area contributed by atoms with Crippen molar-refractivity contribution in [2.75, 3.05) is 13.7 Å². The van der Waals surface area contributed by atoms with Crippen LogP contribution in [0.15, 0.2) is 54.7 Å². The summed E-state index contributed by atoms with van der Waals surface area (Å²) in [6.45, 7) is 1.60. The Hall–Kier alpha value is -2.54. The van der Waals surface area contributed by atoms with Gasteiger partial charge in [-0.25, -0.2) is 0 Å². The quantitative estimate of drug-likeness (QED) is 0.527. The Morgan fingerprint density at radius 2 is 1.74 bits per heavy atom. The Balaban J connectivity index is 0.00000240. The molecule has 0 fully saturated rings. The van der Waals surface area contributed by atoms with E-state index >= 15 is 0 Å². The number of benzene rings is 2. The highest BCUT2D eigenvalue weighted by atomic mass is 35.5. The second-order valence-electron chi connectivity index (χ2n) is 7.16. The molecule has 6 nitrogen and oxygen atoms in total. The van der Waals surface area contributed by atoms with E-state index in [1.54, 1.807) is 7.11 Å². The number of imide groups is 1. The molecular weight excluding hydrogens is 437 g/mol. The number of methoxy groups -OCH3 is 1. The number of nitrogens with two attached hydrogens (primary N) is 1. The first-order valence-corrected chi connectivity index (χ1v) is 9.73. The Labute approximate surface area is 195 Å². The van der Waals surface area contributed by atoms with Crippen LogP contribution in [-0.4, -0.2) is 41.4 Å². The van der Waals surface area contributed by atoms with Gasteiger partial charge in [-0.05, 0) is 36.1 Å². The van der Waals surface area contributed by atoms with Gasteiger partial charge in [-0.1, -0.05) is 36.4 Å². The van der Waals surface area contributed by atoms with Gasteiger partial charge in [-0.15, -0.1) is 24.8 Å². The number of rotatable bonds is 8. The van der Waals surface area contributed by atoms with E-state index in [1.165, 1.54) is 11.8 Å². The number of amides is 2. The summed E-state index contributed by atoms with van der Waals surface area (Å²) in [5.74, 6) is 0.230. The van der Waals surface area contributed by atoms with Crippen molar-refractivity contribution in [3.63, 3.8) is 0 Å². The molecule has 168 valence electrons. The van der Waals surface area contributed by atoms with Gasteiger partial charge in [0.15, 0.2) is 0 Å². The number of fused-ring (bicyclic) bond motifs is 1. The number of para-hydroxylation sites is 2. The van der Waals surface area contributed by atoms with Crippen LogP contribution in [0.25, 0.3) is 10.9 Å². The lowest BCUT2D eigenvalue weighted by atomic mass is 10.0. The molecule has 3 rings (SSSR count). The van der Waals surface area contributed by atoms with E-state index in [1.807, 2.05) is 54.7 Å². The summed E-state index contributed by atoms with van der Waals surface area (Å²) >= 11 is 0. The van der Waals surface area contributed by atoms with E-state index in [-0.39, 0.29) is 55.6 Å². The summed E-state index contributed by atoms with van der Waals surface area (Å²) in [6.07, 6.45) is 3.24. The Bertz CT molecular complexity index is 1010. The summed E-state index contributed by atoms with van der Waals surface area (Å²) in [4.78, 5) is 29.3. The third-order valence-corrected chi connectivity index (χ3v) is 5.06. The van der Waals surface area contributed by atoms with Crippen LogP contribution in [0.1, 0.15) is 24.5 Å². The molecule has 0 aliphatic rings. The monoisotopic (exact) mass is 465 g/mol. The SMILES string of the molecule is COc1ccccc1CCC(=O)N(C[C@H](N)Cc1c[nH]c2ccccc12)C(C)=O.Cl.Cl. The zero-order valence-corrected chi connectivity index (χ0v) is 19.3. The summed E-state index contributed by atoms with van der Waals surface area (Å²) < 4.78 is 5.33. The number of H-pyrrole nitrogens is 1. The van der Waals surface area contributed by atoms with E-state index < -0.39 is 0 Å². The van der Waals surface area contributed by atoms with Gasteiger partial charge in [0, 0.05) is 43.0 Å². The maximum atomic E-state index is 12.7. The average molecular weight is 466 g/mol. The number of ether oxygens (including phenoxy) is 1. The van der Waals surface area contributed by atoms with E-state index in [2.05, 4.69) is 4.98 Å². The number of halogens is 2. The van der Waals surface area contributed by atoms with Gasteiger partial charge in [0.2, 0.25) is 11.8 Å². The van der Waals surface area contributed by atoms with Crippen LogP contribution >= 0.6 is 24.8 Å². The van der Waals surface area contributed by atoms with Crippen molar-refractivity contribution in [3.8, 4) is 5.75 Å². The predicted octanol–water partition coefficient (Wildman–Crippen LogP) is 3.90. The van der Waals surface area contributed by atoms with Crippen LogP contribution in [-0.2, 0) is 22.4 Å². The standard InChI is InChI=1S/C23H27N3O3.2ClH/c1-16(27)26(23(28)12-11-17-7-3-6-10-22(17)29-2)15-19(24)13-18-14-25-21-9-5-4-8-20(18)21;;/h3-10,14,19,25H,11-13,15,24H2,1-2H3;2*1H/t19-;;/m1../s1. The van der Waals surface area contributed by atoms with Crippen molar-refractivity contribution in [1.29, 1.82) is 0 Å². The number of hydrogen-bond donors (Lipinski definition) is 2. The van der Waals surface area contributed by atoms with Crippen molar-refractivity contribution < 1.29 is 14.3 Å². The molecule has 2 amide bonds. The zero-order valence-electron chi connectivity index (χ0n) is 17.7. The van der Waals surface area contributed by atoms with Gasteiger partial charge < -0.3 is 15.5 Å². The lowest BCUT2D eigenvalue weighted by Gasteiger charge is -2.23. The molecule has 0 unspecified atom stereocenters. The van der Waals surface area contributed by atoms with Gasteiger partial charge in [-0.3, -0.25) is 14.5 Å². The highest BCUT2D eigenvalue weighted by Gasteiger charge is 2.21. The third-order valence-electron chi connectivity index (χ3n) is 5.06. The maximum Gasteiger partial charge on any atom is 0.229 e. The minimum absolute atomic E-state index is 0. The molecule has 2 aromatic carbocycles. The van der Waals surface area contributed by atoms with E-state index in [0.29, 0.717) is 12.8 Å². The molecule has 3 N–H and O–H groups in total. The molecule has 0 radical (unpaired) electrons. The van der Waals surface area contributed by atoms with Crippen molar-refractivity contribution in [2.24, 2.45) is 5.73 Å². The molecule has 0 saturated carbocycles. The van der Waals surface area contributed by atoms with Crippen molar-refractivity contribution in [3.05, 3.63) is 65.9 Å². The highest BCUT2D eigenvalue weighted by molar-refractivity contribution is 5.94. The minimum atomic E-state index is -0.340. The fourth-order valence-electron chi connectivity index (χ4n) is 3.57. The Morgan fingerprint density at radius 3 is 2.45 bits per heavy atom. The molecule has 1 atom stereocenters. The Kier molecular flexibility index (Phi) is 10.6. The number of carbonyl (C=O) groups is 2. The molecule has 3 aromatic rings. The number of nitrogens with zero attached hydrogens (tertiary/aromatic N) is 1. The molecule has 1 heterocycles. The van der Waals surface area contributed by atoms with E-state index in [4.69, 9.17) is 10.5 Å². The maximum absolute atomic E-state index is 12.7. The number of nitrogens with one attached hydrogen (secondary N) is 1. The summed E-state index contributed by atoms with van der Waals surface area (Å²) in [5.41, 5.74) is 9.37. The number of hydrogen-bond acceptors (Lipinski definition) is 4. The topological polar surface area (TPSA) is 88.4 Å². The molecule has 0 aliphatic heterocycles. The fraction of sp³-hybridized carbons (Fsp3) is 0.304.